The zero-order valence-corrected chi connectivity index (χ0v) is 30.7. The third-order valence-electron chi connectivity index (χ3n) is 9.02. The SMILES string of the molecule is COC(=O)C(C(=O)OC)=C(C)C[n+]1ccncc1.Fc1c(F)c(F)c([B-](c2c(F)c(F)c(F)c(F)c2F)(c2c(F)c(F)c(F)c(F)c2F)c2c(F)c(F)c(F)c(F)c2F)c(F)c1F. The molecule has 336 valence electrons. The molecule has 6 nitrogen and oxygen atoms in total. The Balaban J connectivity index is 0.000000405. The van der Waals surface area contributed by atoms with Crippen molar-refractivity contribution in [2.45, 2.75) is 13.5 Å². The molecule has 0 aliphatic carbocycles. The van der Waals surface area contributed by atoms with Gasteiger partial charge in [0.1, 0.15) is 58.3 Å². The van der Waals surface area contributed by atoms with E-state index in [-0.39, 0.29) is 5.57 Å². The van der Waals surface area contributed by atoms with Gasteiger partial charge in [0.25, 0.3) is 0 Å². The normalized spacial score (nSPS) is 11.3. The predicted octanol–water partition coefficient (Wildman–Crippen LogP) is 5.88. The molecule has 0 radical (unpaired) electrons. The second-order valence-corrected chi connectivity index (χ2v) is 12.4. The molecule has 63 heavy (non-hydrogen) atoms. The van der Waals surface area contributed by atoms with Crippen molar-refractivity contribution in [2.75, 3.05) is 14.2 Å². The summed E-state index contributed by atoms with van der Waals surface area (Å²) >= 11 is 0. The first-order valence-electron chi connectivity index (χ1n) is 16.2. The van der Waals surface area contributed by atoms with Crippen LogP contribution in [0.5, 0.6) is 0 Å². The van der Waals surface area contributed by atoms with Crippen molar-refractivity contribution in [1.29, 1.82) is 0 Å². The van der Waals surface area contributed by atoms with Gasteiger partial charge in [0.05, 0.1) is 26.6 Å². The Hall–Kier alpha value is -6.70. The number of nitrogens with zero attached hydrogens (tertiary/aromatic N) is 2. The highest BCUT2D eigenvalue weighted by atomic mass is 19.2. The van der Waals surface area contributed by atoms with Gasteiger partial charge in [-0.1, -0.05) is 0 Å². The summed E-state index contributed by atoms with van der Waals surface area (Å²) in [7, 11) is 2.44. The van der Waals surface area contributed by atoms with Crippen LogP contribution < -0.4 is 26.4 Å². The number of hydrogen-bond acceptors (Lipinski definition) is 5. The summed E-state index contributed by atoms with van der Waals surface area (Å²) in [6, 6.07) is 0. The van der Waals surface area contributed by atoms with Crippen LogP contribution in [0.2, 0.25) is 0 Å². The van der Waals surface area contributed by atoms with E-state index < -0.39 is 156 Å². The molecule has 0 bridgehead atoms. The molecule has 5 aromatic rings. The van der Waals surface area contributed by atoms with Crippen molar-refractivity contribution >= 4 is 39.9 Å². The van der Waals surface area contributed by atoms with Crippen LogP contribution in [-0.4, -0.2) is 37.3 Å². The highest BCUT2D eigenvalue weighted by Gasteiger charge is 2.52. The Morgan fingerprint density at radius 1 is 0.429 bits per heavy atom. The van der Waals surface area contributed by atoms with E-state index >= 15 is 35.1 Å². The van der Waals surface area contributed by atoms with Crippen LogP contribution >= 0.6 is 0 Å². The maximum atomic E-state index is 15.4. The van der Waals surface area contributed by atoms with Crippen LogP contribution in [0.15, 0.2) is 35.9 Å². The first-order chi connectivity index (χ1) is 29.3. The largest absolute Gasteiger partial charge is 0.465 e. The summed E-state index contributed by atoms with van der Waals surface area (Å²) in [5.74, 6) is -72.8. The van der Waals surface area contributed by atoms with E-state index in [0.29, 0.717) is 12.1 Å². The van der Waals surface area contributed by atoms with Gasteiger partial charge in [-0.05, 0) is 6.92 Å². The molecular formula is C36H15BF20N2O4. The molecule has 1 aromatic heterocycles. The quantitative estimate of drug-likeness (QED) is 0.0224. The summed E-state index contributed by atoms with van der Waals surface area (Å²) in [5, 5.41) is 0. The van der Waals surface area contributed by atoms with Crippen LogP contribution in [0.1, 0.15) is 6.92 Å². The Kier molecular flexibility index (Phi) is 14.3. The van der Waals surface area contributed by atoms with Crippen LogP contribution in [0, 0.1) is 116 Å². The number of allylic oxidation sites excluding steroid dienone is 1. The fourth-order valence-electron chi connectivity index (χ4n) is 6.32. The lowest BCUT2D eigenvalue weighted by Gasteiger charge is -2.44. The van der Waals surface area contributed by atoms with Gasteiger partial charge in [-0.3, -0.25) is 4.98 Å². The Labute approximate surface area is 336 Å². The van der Waals surface area contributed by atoms with Crippen LogP contribution in [-0.2, 0) is 25.6 Å². The van der Waals surface area contributed by atoms with Crippen molar-refractivity contribution in [3.8, 4) is 0 Å². The number of ether oxygens (including phenoxy) is 2. The molecule has 0 amide bonds. The van der Waals surface area contributed by atoms with Gasteiger partial charge in [0.15, 0.2) is 88.7 Å². The number of rotatable bonds is 8. The van der Waals surface area contributed by atoms with E-state index in [4.69, 9.17) is 0 Å². The van der Waals surface area contributed by atoms with E-state index in [1.807, 2.05) is 0 Å². The number of carbonyl (C=O) groups excluding carboxylic acids is 2. The van der Waals surface area contributed by atoms with Gasteiger partial charge in [0.2, 0.25) is 0 Å². The number of carbonyl (C=O) groups is 2. The number of halogens is 20. The van der Waals surface area contributed by atoms with Crippen molar-refractivity contribution < 1.29 is 111 Å². The minimum atomic E-state index is -7.22. The Bertz CT molecular complexity index is 2340. The van der Waals surface area contributed by atoms with E-state index in [9.17, 15) is 62.3 Å². The lowest BCUT2D eigenvalue weighted by molar-refractivity contribution is -0.689. The molecule has 0 spiro atoms. The van der Waals surface area contributed by atoms with Crippen molar-refractivity contribution in [1.82, 2.24) is 4.98 Å². The highest BCUT2D eigenvalue weighted by molar-refractivity contribution is 7.20. The molecule has 0 fully saturated rings. The summed E-state index contributed by atoms with van der Waals surface area (Å²) in [5.41, 5.74) is -13.8. The molecule has 0 unspecified atom stereocenters. The predicted molar refractivity (Wildman–Crippen MR) is 170 cm³/mol. The number of aromatic nitrogens is 2. The number of esters is 2. The van der Waals surface area contributed by atoms with Gasteiger partial charge in [-0.15, -0.1) is 21.9 Å². The molecule has 4 aromatic carbocycles. The number of benzene rings is 4. The van der Waals surface area contributed by atoms with Gasteiger partial charge in [-0.2, -0.15) is 4.57 Å². The van der Waals surface area contributed by atoms with Crippen molar-refractivity contribution in [2.24, 2.45) is 0 Å². The lowest BCUT2D eigenvalue weighted by atomic mass is 9.12. The molecule has 5 rings (SSSR count). The summed E-state index contributed by atoms with van der Waals surface area (Å²) in [6.07, 6.45) is -0.525. The minimum absolute atomic E-state index is 0.0793. The van der Waals surface area contributed by atoms with Gasteiger partial charge in [-0.25, -0.2) is 97.4 Å². The van der Waals surface area contributed by atoms with E-state index in [1.165, 1.54) is 14.2 Å². The Morgan fingerprint density at radius 2 is 0.635 bits per heavy atom. The number of hydrogen-bond donors (Lipinski definition) is 0. The molecule has 0 aliphatic rings. The fourth-order valence-corrected chi connectivity index (χ4v) is 6.32. The standard InChI is InChI=1S/C24BF20.C12H15N2O4/c26-5-1(6(27)14(35)21(42)13(5)34)25(2-7(28)15(36)22(43)16(37)8(2)29,3-9(30)17(38)23(44)18(39)10(3)31)4-11(32)19(40)24(45)20(41)12(4)33;1-9(8-14-6-4-13-5-7-14)10(11(15)17-2)12(16)18-3/h;4-7H,8H2,1-3H3/q-1;+1. The van der Waals surface area contributed by atoms with Gasteiger partial charge >= 0.3 is 11.9 Å². The molecule has 27 heteroatoms. The topological polar surface area (TPSA) is 69.4 Å². The molecule has 1 heterocycles. The average Bonchev–Trinajstić information content (AvgIpc) is 3.26. The van der Waals surface area contributed by atoms with E-state index in [0.717, 1.165) is 0 Å². The fraction of sp³-hybridized carbons (Fsp3) is 0.111. The first kappa shape index (κ1) is 49.0. The maximum Gasteiger partial charge on any atom is 0.345 e. The second kappa shape index (κ2) is 18.3. The van der Waals surface area contributed by atoms with Crippen molar-refractivity contribution in [3.63, 3.8) is 0 Å². The monoisotopic (exact) mass is 930 g/mol. The van der Waals surface area contributed by atoms with Crippen LogP contribution in [0.25, 0.3) is 0 Å². The molecule has 0 atom stereocenters. The van der Waals surface area contributed by atoms with Crippen LogP contribution in [0.4, 0.5) is 87.8 Å². The van der Waals surface area contributed by atoms with Gasteiger partial charge in [0, 0.05) is 5.57 Å². The summed E-state index contributed by atoms with van der Waals surface area (Å²) < 4.78 is 305. The Morgan fingerprint density at radius 3 is 0.841 bits per heavy atom. The lowest BCUT2D eigenvalue weighted by Crippen LogP contribution is -2.81. The van der Waals surface area contributed by atoms with Crippen LogP contribution in [0.3, 0.4) is 0 Å². The summed E-state index contributed by atoms with van der Waals surface area (Å²) in [6.45, 7) is 2.05. The third-order valence-corrected chi connectivity index (χ3v) is 9.02. The average molecular weight is 930 g/mol. The zero-order chi connectivity index (χ0) is 47.9. The minimum Gasteiger partial charge on any atom is -0.465 e. The molecule has 0 saturated heterocycles. The highest BCUT2D eigenvalue weighted by Crippen LogP contribution is 2.30. The van der Waals surface area contributed by atoms with Gasteiger partial charge < -0.3 is 9.47 Å². The van der Waals surface area contributed by atoms with E-state index in [1.54, 1.807) is 36.3 Å². The molecule has 0 N–H and O–H groups in total. The van der Waals surface area contributed by atoms with Crippen molar-refractivity contribution in [3.05, 3.63) is 152 Å². The number of methoxy groups -OCH3 is 2. The summed E-state index contributed by atoms with van der Waals surface area (Å²) in [4.78, 5) is 27.0. The molecular weight excluding hydrogens is 915 g/mol. The third kappa shape index (κ3) is 7.87. The molecule has 0 aliphatic heterocycles. The first-order valence-corrected chi connectivity index (χ1v) is 16.2. The van der Waals surface area contributed by atoms with E-state index in [2.05, 4.69) is 14.5 Å². The maximum absolute atomic E-state index is 15.4. The smallest absolute Gasteiger partial charge is 0.345 e. The molecule has 0 saturated carbocycles. The second-order valence-electron chi connectivity index (χ2n) is 12.4. The zero-order valence-electron chi connectivity index (χ0n) is 30.7.